The number of imidazole rings is 1. The van der Waals surface area contributed by atoms with Gasteiger partial charge in [0.05, 0.1) is 34.5 Å². The summed E-state index contributed by atoms with van der Waals surface area (Å²) < 4.78 is 0. The van der Waals surface area contributed by atoms with Crippen LogP contribution in [0, 0.1) is 0 Å². The Morgan fingerprint density at radius 2 is 2.18 bits per heavy atom. The van der Waals surface area contributed by atoms with Crippen molar-refractivity contribution < 1.29 is 9.59 Å². The third kappa shape index (κ3) is 3.08. The standard InChI is InChI=1S/C19H15N5O2S2/c25-17(15-2-1-7-27-15)23-19-22-13-5-6-24(9-16(13)28-19)18(26)11-3-4-12-14(8-11)21-10-20-12/h1-4,7-8,10H,5-6,9H2,(H,20,21)(H,22,23,25). The van der Waals surface area contributed by atoms with Crippen LogP contribution in [0.2, 0.25) is 0 Å². The topological polar surface area (TPSA) is 91.0 Å². The number of carbonyl (C=O) groups excluding carboxylic acids is 2. The number of fused-ring (bicyclic) bond motifs is 2. The van der Waals surface area contributed by atoms with Crippen molar-refractivity contribution in [2.24, 2.45) is 0 Å². The molecular formula is C19H15N5O2S2. The van der Waals surface area contributed by atoms with Crippen LogP contribution in [-0.4, -0.2) is 38.2 Å². The van der Waals surface area contributed by atoms with Crippen molar-refractivity contribution in [3.05, 3.63) is 63.1 Å². The molecule has 9 heteroatoms. The third-order valence-electron chi connectivity index (χ3n) is 4.65. The number of nitrogens with zero attached hydrogens (tertiary/aromatic N) is 3. The lowest BCUT2D eigenvalue weighted by Crippen LogP contribution is -2.35. The number of thiazole rings is 1. The van der Waals surface area contributed by atoms with Crippen LogP contribution < -0.4 is 5.32 Å². The largest absolute Gasteiger partial charge is 0.345 e. The highest BCUT2D eigenvalue weighted by atomic mass is 32.1. The molecule has 0 fully saturated rings. The van der Waals surface area contributed by atoms with Crippen molar-refractivity contribution in [2.75, 3.05) is 11.9 Å². The number of hydrogen-bond acceptors (Lipinski definition) is 6. The summed E-state index contributed by atoms with van der Waals surface area (Å²) in [4.78, 5) is 40.4. The van der Waals surface area contributed by atoms with E-state index in [9.17, 15) is 9.59 Å². The van der Waals surface area contributed by atoms with Crippen molar-refractivity contribution in [1.29, 1.82) is 0 Å². The van der Waals surface area contributed by atoms with E-state index in [0.717, 1.165) is 21.6 Å². The van der Waals surface area contributed by atoms with Crippen LogP contribution >= 0.6 is 22.7 Å². The second-order valence-corrected chi connectivity index (χ2v) is 8.46. The predicted molar refractivity (Wildman–Crippen MR) is 109 cm³/mol. The first kappa shape index (κ1) is 17.1. The molecule has 1 aromatic carbocycles. The highest BCUT2D eigenvalue weighted by molar-refractivity contribution is 7.16. The Morgan fingerprint density at radius 3 is 3.04 bits per heavy atom. The number of hydrogen-bond donors (Lipinski definition) is 2. The number of thiophene rings is 1. The van der Waals surface area contributed by atoms with Crippen LogP contribution in [-0.2, 0) is 13.0 Å². The summed E-state index contributed by atoms with van der Waals surface area (Å²) in [7, 11) is 0. The molecule has 2 N–H and O–H groups in total. The lowest BCUT2D eigenvalue weighted by molar-refractivity contribution is 0.0736. The van der Waals surface area contributed by atoms with Crippen LogP contribution in [0.1, 0.15) is 30.6 Å². The first-order chi connectivity index (χ1) is 13.7. The molecule has 7 nitrogen and oxygen atoms in total. The van der Waals surface area contributed by atoms with E-state index in [0.29, 0.717) is 35.1 Å². The maximum absolute atomic E-state index is 12.9. The molecule has 0 bridgehead atoms. The minimum atomic E-state index is -0.151. The normalized spacial score (nSPS) is 13.5. The summed E-state index contributed by atoms with van der Waals surface area (Å²) in [6, 6.07) is 9.11. The SMILES string of the molecule is O=C(Nc1nc2c(s1)CN(C(=O)c1ccc3nc[nH]c3c1)CC2)c1cccs1. The van der Waals surface area contributed by atoms with Gasteiger partial charge in [0.25, 0.3) is 11.8 Å². The lowest BCUT2D eigenvalue weighted by atomic mass is 10.1. The quantitative estimate of drug-likeness (QED) is 0.542. The second kappa shape index (κ2) is 6.84. The maximum atomic E-state index is 12.9. The van der Waals surface area contributed by atoms with E-state index in [1.807, 2.05) is 28.5 Å². The van der Waals surface area contributed by atoms with Crippen molar-refractivity contribution in [3.8, 4) is 0 Å². The molecule has 1 aliphatic rings. The summed E-state index contributed by atoms with van der Waals surface area (Å²) in [6.07, 6.45) is 2.30. The second-order valence-electron chi connectivity index (χ2n) is 6.43. The Balaban J connectivity index is 1.32. The summed E-state index contributed by atoms with van der Waals surface area (Å²) in [6.45, 7) is 1.11. The van der Waals surface area contributed by atoms with Gasteiger partial charge in [-0.3, -0.25) is 14.9 Å². The zero-order valence-electron chi connectivity index (χ0n) is 14.6. The van der Waals surface area contributed by atoms with Gasteiger partial charge in [-0.05, 0) is 29.6 Å². The molecule has 0 saturated carbocycles. The van der Waals surface area contributed by atoms with Crippen molar-refractivity contribution in [1.82, 2.24) is 19.9 Å². The number of amides is 2. The fourth-order valence-corrected chi connectivity index (χ4v) is 4.88. The van der Waals surface area contributed by atoms with Crippen molar-refractivity contribution >= 4 is 50.7 Å². The van der Waals surface area contributed by atoms with Crippen LogP contribution in [0.4, 0.5) is 5.13 Å². The molecule has 2 amide bonds. The Hall–Kier alpha value is -3.04. The molecule has 0 unspecified atom stereocenters. The van der Waals surface area contributed by atoms with Gasteiger partial charge in [0.2, 0.25) is 0 Å². The molecule has 0 spiro atoms. The molecule has 140 valence electrons. The van der Waals surface area contributed by atoms with E-state index in [1.165, 1.54) is 22.7 Å². The average molecular weight is 409 g/mol. The van der Waals surface area contributed by atoms with Gasteiger partial charge < -0.3 is 9.88 Å². The minimum Gasteiger partial charge on any atom is -0.345 e. The molecule has 4 heterocycles. The van der Waals surface area contributed by atoms with Gasteiger partial charge in [-0.2, -0.15) is 0 Å². The van der Waals surface area contributed by atoms with Crippen LogP contribution in [0.3, 0.4) is 0 Å². The van der Waals surface area contributed by atoms with E-state index < -0.39 is 0 Å². The highest BCUT2D eigenvalue weighted by Gasteiger charge is 2.25. The van der Waals surface area contributed by atoms with E-state index in [-0.39, 0.29) is 11.8 Å². The molecular weight excluding hydrogens is 394 g/mol. The predicted octanol–water partition coefficient (Wildman–Crippen LogP) is 3.53. The smallest absolute Gasteiger partial charge is 0.267 e. The van der Waals surface area contributed by atoms with Gasteiger partial charge >= 0.3 is 0 Å². The summed E-state index contributed by atoms with van der Waals surface area (Å²) in [5.74, 6) is -0.165. The molecule has 1 aliphatic heterocycles. The van der Waals surface area contributed by atoms with Crippen LogP contribution in [0.15, 0.2) is 42.0 Å². The summed E-state index contributed by atoms with van der Waals surface area (Å²) in [5.41, 5.74) is 3.28. The fraction of sp³-hybridized carbons (Fsp3) is 0.158. The number of benzene rings is 1. The van der Waals surface area contributed by atoms with Gasteiger partial charge in [0.15, 0.2) is 5.13 Å². The molecule has 0 aliphatic carbocycles. The van der Waals surface area contributed by atoms with Crippen molar-refractivity contribution in [3.63, 3.8) is 0 Å². The number of nitrogens with one attached hydrogen (secondary N) is 2. The third-order valence-corrected chi connectivity index (χ3v) is 6.52. The molecule has 5 rings (SSSR count). The number of H-pyrrole nitrogens is 1. The van der Waals surface area contributed by atoms with Crippen LogP contribution in [0.5, 0.6) is 0 Å². The van der Waals surface area contributed by atoms with Gasteiger partial charge in [-0.25, -0.2) is 9.97 Å². The Labute approximate surface area is 168 Å². The number of rotatable bonds is 3. The van der Waals surface area contributed by atoms with Gasteiger partial charge in [-0.15, -0.1) is 11.3 Å². The maximum Gasteiger partial charge on any atom is 0.267 e. The molecule has 28 heavy (non-hydrogen) atoms. The first-order valence-corrected chi connectivity index (χ1v) is 10.4. The minimum absolute atomic E-state index is 0.0141. The average Bonchev–Trinajstić information content (AvgIpc) is 3.45. The van der Waals surface area contributed by atoms with E-state index >= 15 is 0 Å². The summed E-state index contributed by atoms with van der Waals surface area (Å²) in [5, 5.41) is 5.31. The van der Waals surface area contributed by atoms with Gasteiger partial charge in [-0.1, -0.05) is 17.4 Å². The number of aromatic amines is 1. The molecule has 0 saturated heterocycles. The lowest BCUT2D eigenvalue weighted by Gasteiger charge is -2.26. The molecule has 3 aromatic heterocycles. The highest BCUT2D eigenvalue weighted by Crippen LogP contribution is 2.29. The first-order valence-electron chi connectivity index (χ1n) is 8.73. The Morgan fingerprint density at radius 1 is 1.25 bits per heavy atom. The van der Waals surface area contributed by atoms with Gasteiger partial charge in [0.1, 0.15) is 0 Å². The molecule has 4 aromatic rings. The Bertz CT molecular complexity index is 1180. The monoisotopic (exact) mass is 409 g/mol. The van der Waals surface area contributed by atoms with E-state index in [2.05, 4.69) is 20.3 Å². The number of aromatic nitrogens is 3. The molecule has 0 atom stereocenters. The van der Waals surface area contributed by atoms with Gasteiger partial charge in [0, 0.05) is 23.4 Å². The number of carbonyl (C=O) groups is 2. The van der Waals surface area contributed by atoms with E-state index in [4.69, 9.17) is 0 Å². The zero-order chi connectivity index (χ0) is 19.1. The van der Waals surface area contributed by atoms with Crippen LogP contribution in [0.25, 0.3) is 11.0 Å². The molecule has 0 radical (unpaired) electrons. The van der Waals surface area contributed by atoms with Crippen molar-refractivity contribution in [2.45, 2.75) is 13.0 Å². The number of anilines is 1. The summed E-state index contributed by atoms with van der Waals surface area (Å²) >= 11 is 2.83. The fourth-order valence-electron chi connectivity index (χ4n) is 3.24. The Kier molecular flexibility index (Phi) is 4.18. The zero-order valence-corrected chi connectivity index (χ0v) is 16.3. The van der Waals surface area contributed by atoms with E-state index in [1.54, 1.807) is 18.5 Å².